The van der Waals surface area contributed by atoms with Gasteiger partial charge >= 0.3 is 0 Å². The molecule has 0 saturated heterocycles. The summed E-state index contributed by atoms with van der Waals surface area (Å²) in [7, 11) is 0. The fourth-order valence-electron chi connectivity index (χ4n) is 2.21. The number of carbonyl (C=O) groups excluding carboxylic acids is 2. The Kier molecular flexibility index (Phi) is 9.62. The maximum absolute atomic E-state index is 12.0. The fraction of sp³-hybridized carbons (Fsp3) is 0.300. The molecule has 0 saturated carbocycles. The van der Waals surface area contributed by atoms with E-state index in [2.05, 4.69) is 0 Å². The number of carbonyl (C=O) groups is 2. The Bertz CT molecular complexity index is 652. The molecule has 2 aromatic carbocycles. The lowest BCUT2D eigenvalue weighted by atomic mass is 10.1. The minimum Gasteiger partial charge on any atom is -0.294 e. The zero-order valence-electron chi connectivity index (χ0n) is 14.3. The van der Waals surface area contributed by atoms with Crippen molar-refractivity contribution in [1.29, 1.82) is 0 Å². The lowest BCUT2D eigenvalue weighted by Gasteiger charge is -2.04. The molecule has 0 aliphatic carbocycles. The normalized spacial score (nSPS) is 10.7. The topological polar surface area (TPSA) is 34.1 Å². The molecule has 0 aromatic heterocycles. The van der Waals surface area contributed by atoms with Crippen molar-refractivity contribution in [3.8, 4) is 0 Å². The molecule has 0 bridgehead atoms. The quantitative estimate of drug-likeness (QED) is 0.311. The minimum atomic E-state index is 0.149. The summed E-state index contributed by atoms with van der Waals surface area (Å²) in [5, 5.41) is 1.28. The Balaban J connectivity index is 1.51. The van der Waals surface area contributed by atoms with Crippen molar-refractivity contribution >= 4 is 58.3 Å². The van der Waals surface area contributed by atoms with Crippen molar-refractivity contribution < 1.29 is 9.59 Å². The first-order chi connectivity index (χ1) is 12.6. The monoisotopic (exact) mass is 426 g/mol. The van der Waals surface area contributed by atoms with Crippen LogP contribution >= 0.6 is 46.7 Å². The summed E-state index contributed by atoms with van der Waals surface area (Å²) in [6, 6.07) is 14.0. The molecule has 0 atom stereocenters. The highest BCUT2D eigenvalue weighted by atomic mass is 35.5. The number of rotatable bonds is 11. The first kappa shape index (κ1) is 21.4. The number of ketones is 2. The Hall–Kier alpha value is -0.940. The molecule has 0 aliphatic heterocycles. The second kappa shape index (κ2) is 11.7. The van der Waals surface area contributed by atoms with Crippen LogP contribution in [0.5, 0.6) is 0 Å². The first-order valence-corrected chi connectivity index (χ1v) is 11.4. The molecule has 2 aromatic rings. The molecule has 0 aliphatic rings. The zero-order valence-corrected chi connectivity index (χ0v) is 17.4. The summed E-state index contributed by atoms with van der Waals surface area (Å²) in [4.78, 5) is 24.0. The summed E-state index contributed by atoms with van der Waals surface area (Å²) < 4.78 is 0. The van der Waals surface area contributed by atoms with Crippen molar-refractivity contribution in [2.24, 2.45) is 0 Å². The van der Waals surface area contributed by atoms with Gasteiger partial charge in [0.05, 0.1) is 0 Å². The SMILES string of the molecule is O=C(CCSCCSCCC(=O)c1ccc(Cl)cc1)c1ccc(Cl)cc1. The van der Waals surface area contributed by atoms with E-state index in [9.17, 15) is 9.59 Å². The standard InChI is InChI=1S/C20H20Cl2O2S2/c21-17-5-1-15(2-6-17)19(23)9-11-25-13-14-26-12-10-20(24)16-3-7-18(22)8-4-16/h1-8H,9-14H2. The van der Waals surface area contributed by atoms with Gasteiger partial charge in [-0.1, -0.05) is 23.2 Å². The maximum atomic E-state index is 12.0. The van der Waals surface area contributed by atoms with Gasteiger partial charge in [-0.15, -0.1) is 0 Å². The highest BCUT2D eigenvalue weighted by Crippen LogP contribution is 2.15. The average Bonchev–Trinajstić information content (AvgIpc) is 2.64. The smallest absolute Gasteiger partial charge is 0.163 e. The number of Topliss-reactive ketones (excluding diaryl/α,β-unsaturated/α-hetero) is 2. The second-order valence-corrected chi connectivity index (χ2v) is 8.91. The van der Waals surface area contributed by atoms with Crippen molar-refractivity contribution in [3.05, 3.63) is 69.7 Å². The fourth-order valence-corrected chi connectivity index (χ4v) is 4.47. The third kappa shape index (κ3) is 7.75. The second-order valence-electron chi connectivity index (χ2n) is 5.58. The minimum absolute atomic E-state index is 0.149. The van der Waals surface area contributed by atoms with E-state index < -0.39 is 0 Å². The number of thioether (sulfide) groups is 2. The van der Waals surface area contributed by atoms with Gasteiger partial charge in [0, 0.05) is 57.0 Å². The summed E-state index contributed by atoms with van der Waals surface area (Å²) in [6.07, 6.45) is 1.07. The van der Waals surface area contributed by atoms with Crippen LogP contribution in [0.1, 0.15) is 33.6 Å². The van der Waals surface area contributed by atoms with E-state index >= 15 is 0 Å². The predicted molar refractivity (Wildman–Crippen MR) is 115 cm³/mol. The van der Waals surface area contributed by atoms with E-state index in [1.807, 2.05) is 0 Å². The van der Waals surface area contributed by atoms with Gasteiger partial charge in [-0.3, -0.25) is 9.59 Å². The van der Waals surface area contributed by atoms with Crippen LogP contribution in [-0.4, -0.2) is 34.6 Å². The van der Waals surface area contributed by atoms with Crippen LogP contribution in [0.2, 0.25) is 10.0 Å². The molecule has 0 heterocycles. The van der Waals surface area contributed by atoms with Crippen LogP contribution < -0.4 is 0 Å². The van der Waals surface area contributed by atoms with Crippen molar-refractivity contribution in [3.63, 3.8) is 0 Å². The van der Waals surface area contributed by atoms with Crippen LogP contribution in [0.4, 0.5) is 0 Å². The van der Waals surface area contributed by atoms with Gasteiger partial charge in [0.1, 0.15) is 0 Å². The van der Waals surface area contributed by atoms with Gasteiger partial charge in [-0.05, 0) is 48.5 Å². The number of halogens is 2. The van der Waals surface area contributed by atoms with Gasteiger partial charge in [0.25, 0.3) is 0 Å². The lowest BCUT2D eigenvalue weighted by Crippen LogP contribution is -2.02. The molecule has 0 radical (unpaired) electrons. The van der Waals surface area contributed by atoms with Crippen LogP contribution in [0.15, 0.2) is 48.5 Å². The van der Waals surface area contributed by atoms with Gasteiger partial charge in [0.15, 0.2) is 11.6 Å². The molecule has 138 valence electrons. The molecular formula is C20H20Cl2O2S2. The largest absolute Gasteiger partial charge is 0.294 e. The molecule has 2 nitrogen and oxygen atoms in total. The Morgan fingerprint density at radius 2 is 0.962 bits per heavy atom. The van der Waals surface area contributed by atoms with Crippen LogP contribution in [0.3, 0.4) is 0 Å². The Labute approximate surface area is 173 Å². The van der Waals surface area contributed by atoms with E-state index in [0.717, 1.165) is 23.0 Å². The molecule has 0 N–H and O–H groups in total. The Morgan fingerprint density at radius 3 is 1.31 bits per heavy atom. The van der Waals surface area contributed by atoms with Crippen LogP contribution in [0.25, 0.3) is 0 Å². The summed E-state index contributed by atoms with van der Waals surface area (Å²) in [5.74, 6) is 3.88. The van der Waals surface area contributed by atoms with Gasteiger partial charge in [-0.25, -0.2) is 0 Å². The van der Waals surface area contributed by atoms with E-state index in [-0.39, 0.29) is 11.6 Å². The Morgan fingerprint density at radius 1 is 0.615 bits per heavy atom. The van der Waals surface area contributed by atoms with Crippen LogP contribution in [-0.2, 0) is 0 Å². The third-order valence-corrected chi connectivity index (χ3v) is 6.38. The van der Waals surface area contributed by atoms with Gasteiger partial charge in [-0.2, -0.15) is 23.5 Å². The molecule has 0 fully saturated rings. The van der Waals surface area contributed by atoms with E-state index in [1.165, 1.54) is 0 Å². The average molecular weight is 427 g/mol. The molecule has 0 unspecified atom stereocenters. The van der Waals surface area contributed by atoms with Crippen LogP contribution in [0, 0.1) is 0 Å². The summed E-state index contributed by atoms with van der Waals surface area (Å²) >= 11 is 15.2. The van der Waals surface area contributed by atoms with Crippen molar-refractivity contribution in [2.75, 3.05) is 23.0 Å². The lowest BCUT2D eigenvalue weighted by molar-refractivity contribution is 0.0981. The molecule has 26 heavy (non-hydrogen) atoms. The van der Waals surface area contributed by atoms with E-state index in [4.69, 9.17) is 23.2 Å². The molecular weight excluding hydrogens is 407 g/mol. The summed E-state index contributed by atoms with van der Waals surface area (Å²) in [6.45, 7) is 0. The summed E-state index contributed by atoms with van der Waals surface area (Å²) in [5.41, 5.74) is 1.43. The van der Waals surface area contributed by atoms with Gasteiger partial charge in [0.2, 0.25) is 0 Å². The molecule has 0 amide bonds. The number of benzene rings is 2. The molecule has 6 heteroatoms. The number of hydrogen-bond acceptors (Lipinski definition) is 4. The third-order valence-electron chi connectivity index (χ3n) is 3.65. The predicted octanol–water partition coefficient (Wildman–Crippen LogP) is 6.31. The number of hydrogen-bond donors (Lipinski definition) is 0. The zero-order chi connectivity index (χ0) is 18.8. The van der Waals surface area contributed by atoms with Crippen molar-refractivity contribution in [1.82, 2.24) is 0 Å². The first-order valence-electron chi connectivity index (χ1n) is 8.29. The maximum Gasteiger partial charge on any atom is 0.163 e. The van der Waals surface area contributed by atoms with E-state index in [1.54, 1.807) is 72.1 Å². The molecule has 2 rings (SSSR count). The molecule has 0 spiro atoms. The van der Waals surface area contributed by atoms with Crippen molar-refractivity contribution in [2.45, 2.75) is 12.8 Å². The van der Waals surface area contributed by atoms with Gasteiger partial charge < -0.3 is 0 Å². The highest BCUT2D eigenvalue weighted by molar-refractivity contribution is 8.02. The van der Waals surface area contributed by atoms with E-state index in [0.29, 0.717) is 34.0 Å². The highest BCUT2D eigenvalue weighted by Gasteiger charge is 2.07.